The highest BCUT2D eigenvalue weighted by molar-refractivity contribution is 7.92. The van der Waals surface area contributed by atoms with Gasteiger partial charge in [-0.25, -0.2) is 17.2 Å². The quantitative estimate of drug-likeness (QED) is 0.372. The summed E-state index contributed by atoms with van der Waals surface area (Å²) < 4.78 is 62.8. The lowest BCUT2D eigenvalue weighted by atomic mass is 9.97. The van der Waals surface area contributed by atoms with E-state index in [-0.39, 0.29) is 39.9 Å². The van der Waals surface area contributed by atoms with Crippen LogP contribution in [0.3, 0.4) is 0 Å². The lowest BCUT2D eigenvalue weighted by molar-refractivity contribution is -0.142. The van der Waals surface area contributed by atoms with E-state index >= 15 is 0 Å². The number of carboxylic acids is 1. The van der Waals surface area contributed by atoms with Crippen molar-refractivity contribution in [2.45, 2.75) is 37.7 Å². The Hall–Kier alpha value is -3.17. The summed E-state index contributed by atoms with van der Waals surface area (Å²) in [7, 11) is -4.09. The highest BCUT2D eigenvalue weighted by atomic mass is 35.5. The fourth-order valence-corrected chi connectivity index (χ4v) is 6.08. The van der Waals surface area contributed by atoms with E-state index in [1.165, 1.54) is 30.3 Å². The van der Waals surface area contributed by atoms with Crippen molar-refractivity contribution in [2.75, 3.05) is 10.8 Å². The van der Waals surface area contributed by atoms with Gasteiger partial charge in [0, 0.05) is 11.6 Å². The van der Waals surface area contributed by atoms with E-state index in [1.807, 2.05) is 0 Å². The van der Waals surface area contributed by atoms with Crippen molar-refractivity contribution in [3.8, 4) is 16.9 Å². The van der Waals surface area contributed by atoms with Crippen molar-refractivity contribution in [2.24, 2.45) is 5.92 Å². The monoisotopic (exact) mass is 535 g/mol. The lowest BCUT2D eigenvalue weighted by Gasteiger charge is -2.36. The molecule has 6 nitrogen and oxygen atoms in total. The summed E-state index contributed by atoms with van der Waals surface area (Å²) in [4.78, 5) is 11.7. The van der Waals surface area contributed by atoms with Gasteiger partial charge in [0.05, 0.1) is 28.1 Å². The Bertz CT molecular complexity index is 1430. The van der Waals surface area contributed by atoms with Gasteiger partial charge in [0.2, 0.25) is 0 Å². The Balaban J connectivity index is 1.84. The number of halogens is 3. The summed E-state index contributed by atoms with van der Waals surface area (Å²) in [6.45, 7) is 3.37. The minimum Gasteiger partial charge on any atom is -0.486 e. The molecule has 2 atom stereocenters. The van der Waals surface area contributed by atoms with Gasteiger partial charge in [-0.1, -0.05) is 36.7 Å². The standard InChI is InChI=1S/C26H24ClF2NO5S/c1-3-16(26(31)32)10-19-14-30(36(33,34)20-6-4-5-15(2)9-20)23-11-17(7-8-24(23)35-19)21-12-18(28)13-22(29)25(21)27/h4-9,11-13,16,19H,3,10,14H2,1-2H3,(H,31,32)/t16-,19+/m1/s1. The van der Waals surface area contributed by atoms with Crippen LogP contribution in [0.15, 0.2) is 59.5 Å². The molecule has 0 radical (unpaired) electrons. The van der Waals surface area contributed by atoms with Crippen molar-refractivity contribution in [3.05, 3.63) is 76.8 Å². The lowest BCUT2D eigenvalue weighted by Crippen LogP contribution is -2.44. The molecule has 1 heterocycles. The topological polar surface area (TPSA) is 83.9 Å². The number of carbonyl (C=O) groups is 1. The smallest absolute Gasteiger partial charge is 0.306 e. The predicted octanol–water partition coefficient (Wildman–Crippen LogP) is 6.05. The molecule has 0 fully saturated rings. The number of ether oxygens (including phenoxy) is 1. The second-order valence-corrected chi connectivity index (χ2v) is 10.9. The SMILES string of the molecule is CC[C@H](C[C@H]1CN(S(=O)(=O)c2cccc(C)c2)c2cc(-c3cc(F)cc(F)c3Cl)ccc2O1)C(=O)O. The number of hydrogen-bond acceptors (Lipinski definition) is 4. The second-order valence-electron chi connectivity index (χ2n) is 8.70. The summed E-state index contributed by atoms with van der Waals surface area (Å²) in [6.07, 6.45) is -0.262. The fourth-order valence-electron chi connectivity index (χ4n) is 4.26. The number of rotatable bonds is 7. The van der Waals surface area contributed by atoms with Gasteiger partial charge in [-0.05, 0) is 61.2 Å². The van der Waals surface area contributed by atoms with Crippen molar-refractivity contribution < 1.29 is 31.8 Å². The van der Waals surface area contributed by atoms with Crippen LogP contribution in [0.5, 0.6) is 5.75 Å². The molecule has 0 amide bonds. The average Bonchev–Trinajstić information content (AvgIpc) is 2.83. The van der Waals surface area contributed by atoms with E-state index in [4.69, 9.17) is 16.3 Å². The third kappa shape index (κ3) is 5.03. The number of anilines is 1. The molecule has 3 aromatic rings. The molecule has 0 bridgehead atoms. The van der Waals surface area contributed by atoms with Crippen molar-refractivity contribution in [3.63, 3.8) is 0 Å². The third-order valence-electron chi connectivity index (χ3n) is 6.16. The van der Waals surface area contributed by atoms with Crippen molar-refractivity contribution >= 4 is 33.3 Å². The van der Waals surface area contributed by atoms with Crippen LogP contribution in [0.4, 0.5) is 14.5 Å². The van der Waals surface area contributed by atoms with Gasteiger partial charge in [0.15, 0.2) is 0 Å². The zero-order chi connectivity index (χ0) is 26.2. The average molecular weight is 536 g/mol. The van der Waals surface area contributed by atoms with Gasteiger partial charge in [-0.3, -0.25) is 9.10 Å². The fraction of sp³-hybridized carbons (Fsp3) is 0.269. The predicted molar refractivity (Wildman–Crippen MR) is 133 cm³/mol. The molecule has 0 saturated carbocycles. The van der Waals surface area contributed by atoms with E-state index in [0.717, 1.165) is 15.9 Å². The molecule has 0 saturated heterocycles. The number of aryl methyl sites for hydroxylation is 1. The maximum absolute atomic E-state index is 14.1. The molecule has 3 aromatic carbocycles. The number of carboxylic acid groups (broad SMARTS) is 1. The Kier molecular flexibility index (Phi) is 7.24. The minimum atomic E-state index is -4.09. The number of benzene rings is 3. The molecule has 0 spiro atoms. The third-order valence-corrected chi connectivity index (χ3v) is 8.32. The number of fused-ring (bicyclic) bond motifs is 1. The maximum Gasteiger partial charge on any atom is 0.306 e. The van der Waals surface area contributed by atoms with Gasteiger partial charge in [-0.2, -0.15) is 0 Å². The first kappa shape index (κ1) is 25.9. The largest absolute Gasteiger partial charge is 0.486 e. The van der Waals surface area contributed by atoms with Crippen LogP contribution in [-0.2, 0) is 14.8 Å². The van der Waals surface area contributed by atoms with Crippen LogP contribution in [0.25, 0.3) is 11.1 Å². The first-order valence-corrected chi connectivity index (χ1v) is 13.1. The highest BCUT2D eigenvalue weighted by Gasteiger charge is 2.36. The van der Waals surface area contributed by atoms with Crippen LogP contribution in [0.1, 0.15) is 25.3 Å². The molecule has 1 aliphatic heterocycles. The molecular formula is C26H24ClF2NO5S. The summed E-state index contributed by atoms with van der Waals surface area (Å²) in [6, 6.07) is 12.6. The Morgan fingerprint density at radius 1 is 1.19 bits per heavy atom. The molecule has 4 rings (SSSR count). The first-order chi connectivity index (χ1) is 17.0. The summed E-state index contributed by atoms with van der Waals surface area (Å²) in [5.41, 5.74) is 1.26. The normalized spacial score (nSPS) is 16.2. The van der Waals surface area contributed by atoms with Crippen LogP contribution < -0.4 is 9.04 Å². The Morgan fingerprint density at radius 3 is 2.61 bits per heavy atom. The summed E-state index contributed by atoms with van der Waals surface area (Å²) >= 11 is 6.09. The molecule has 10 heteroatoms. The van der Waals surface area contributed by atoms with Gasteiger partial charge in [0.25, 0.3) is 10.0 Å². The van der Waals surface area contributed by atoms with E-state index in [2.05, 4.69) is 0 Å². The maximum atomic E-state index is 14.1. The van der Waals surface area contributed by atoms with Gasteiger partial charge < -0.3 is 9.84 Å². The van der Waals surface area contributed by atoms with E-state index in [0.29, 0.717) is 18.1 Å². The van der Waals surface area contributed by atoms with Crippen molar-refractivity contribution in [1.82, 2.24) is 0 Å². The van der Waals surface area contributed by atoms with E-state index in [1.54, 1.807) is 26.0 Å². The molecule has 0 aliphatic carbocycles. The molecule has 1 aliphatic rings. The second kappa shape index (κ2) is 10.1. The number of sulfonamides is 1. The number of nitrogens with zero attached hydrogens (tertiary/aromatic N) is 1. The van der Waals surface area contributed by atoms with Crippen LogP contribution in [0, 0.1) is 24.5 Å². The number of hydrogen-bond donors (Lipinski definition) is 1. The molecular weight excluding hydrogens is 512 g/mol. The van der Waals surface area contributed by atoms with E-state index in [9.17, 15) is 27.1 Å². The summed E-state index contributed by atoms with van der Waals surface area (Å²) in [5.74, 6) is -3.26. The van der Waals surface area contributed by atoms with Crippen LogP contribution in [-0.4, -0.2) is 32.1 Å². The van der Waals surface area contributed by atoms with Crippen LogP contribution in [0.2, 0.25) is 5.02 Å². The Morgan fingerprint density at radius 2 is 1.94 bits per heavy atom. The molecule has 190 valence electrons. The van der Waals surface area contributed by atoms with Crippen LogP contribution >= 0.6 is 11.6 Å². The summed E-state index contributed by atoms with van der Waals surface area (Å²) in [5, 5.41) is 9.21. The molecule has 36 heavy (non-hydrogen) atoms. The Labute approximate surface area is 213 Å². The minimum absolute atomic E-state index is 0.0552. The number of aliphatic carboxylic acids is 1. The van der Waals surface area contributed by atoms with Gasteiger partial charge >= 0.3 is 5.97 Å². The highest BCUT2D eigenvalue weighted by Crippen LogP contribution is 2.42. The molecule has 0 aromatic heterocycles. The molecule has 1 N–H and O–H groups in total. The van der Waals surface area contributed by atoms with E-state index < -0.39 is 39.6 Å². The van der Waals surface area contributed by atoms with Gasteiger partial charge in [-0.15, -0.1) is 0 Å². The zero-order valence-electron chi connectivity index (χ0n) is 19.5. The van der Waals surface area contributed by atoms with Gasteiger partial charge in [0.1, 0.15) is 23.5 Å². The zero-order valence-corrected chi connectivity index (χ0v) is 21.1. The van der Waals surface area contributed by atoms with Crippen molar-refractivity contribution in [1.29, 1.82) is 0 Å². The molecule has 0 unspecified atom stereocenters. The first-order valence-electron chi connectivity index (χ1n) is 11.3.